The van der Waals surface area contributed by atoms with Crippen LogP contribution in [0, 0.1) is 0 Å². The van der Waals surface area contributed by atoms with E-state index in [1.165, 1.54) is 29.9 Å². The maximum atomic E-state index is 3.76. The van der Waals surface area contributed by atoms with Crippen molar-refractivity contribution in [3.8, 4) is 0 Å². The molecule has 1 rings (SSSR count). The molecule has 2 heteroatoms. The highest BCUT2D eigenvalue weighted by Gasteiger charge is 2.31. The van der Waals surface area contributed by atoms with E-state index in [9.17, 15) is 0 Å². The van der Waals surface area contributed by atoms with Crippen LogP contribution in [0.4, 0.5) is 5.69 Å². The lowest BCUT2D eigenvalue weighted by molar-refractivity contribution is 0.408. The number of hydrogen-bond donors (Lipinski definition) is 2. The van der Waals surface area contributed by atoms with Crippen LogP contribution in [0.3, 0.4) is 0 Å². The Labute approximate surface area is 119 Å². The molecule has 0 radical (unpaired) electrons. The van der Waals surface area contributed by atoms with Gasteiger partial charge in [0.2, 0.25) is 0 Å². The number of anilines is 1. The molecule has 0 aliphatic carbocycles. The van der Waals surface area contributed by atoms with E-state index >= 15 is 0 Å². The standard InChI is InChI=1S/C17H32N2/c1-8-16(5,9-2)14-12-13(18-7)15(19-14)17(6,10-3)11-4/h12,18-19H,8-11H2,1-7H3. The van der Waals surface area contributed by atoms with Gasteiger partial charge >= 0.3 is 0 Å². The van der Waals surface area contributed by atoms with Crippen LogP contribution in [0.1, 0.15) is 78.6 Å². The number of rotatable bonds is 7. The molecule has 2 N–H and O–H groups in total. The minimum Gasteiger partial charge on any atom is -0.387 e. The van der Waals surface area contributed by atoms with Crippen LogP contribution in [-0.4, -0.2) is 12.0 Å². The SMILES string of the molecule is CCC(C)(CC)c1cc(NC)c(C(C)(CC)CC)[nH]1. The Morgan fingerprint density at radius 2 is 1.42 bits per heavy atom. The van der Waals surface area contributed by atoms with Crippen molar-refractivity contribution in [2.45, 2.75) is 78.1 Å². The third kappa shape index (κ3) is 2.82. The molecule has 0 unspecified atom stereocenters. The molecule has 110 valence electrons. The Morgan fingerprint density at radius 1 is 0.947 bits per heavy atom. The summed E-state index contributed by atoms with van der Waals surface area (Å²) in [6, 6.07) is 2.33. The van der Waals surface area contributed by atoms with E-state index in [1.54, 1.807) is 0 Å². The van der Waals surface area contributed by atoms with Crippen molar-refractivity contribution in [3.63, 3.8) is 0 Å². The molecule has 2 nitrogen and oxygen atoms in total. The molecule has 0 saturated heterocycles. The lowest BCUT2D eigenvalue weighted by atomic mass is 9.81. The van der Waals surface area contributed by atoms with Gasteiger partial charge in [0.1, 0.15) is 0 Å². The fourth-order valence-corrected chi connectivity index (χ4v) is 2.69. The highest BCUT2D eigenvalue weighted by molar-refractivity contribution is 5.54. The number of hydrogen-bond acceptors (Lipinski definition) is 1. The van der Waals surface area contributed by atoms with Crippen LogP contribution in [0.15, 0.2) is 6.07 Å². The molecule has 1 aromatic rings. The molecular weight excluding hydrogens is 232 g/mol. The Balaban J connectivity index is 3.32. The van der Waals surface area contributed by atoms with E-state index < -0.39 is 0 Å². The van der Waals surface area contributed by atoms with Crippen molar-refractivity contribution < 1.29 is 0 Å². The van der Waals surface area contributed by atoms with Crippen LogP contribution in [0.5, 0.6) is 0 Å². The number of nitrogens with one attached hydrogen (secondary N) is 2. The number of H-pyrrole nitrogens is 1. The van der Waals surface area contributed by atoms with Gasteiger partial charge in [0.05, 0.1) is 5.69 Å². The fourth-order valence-electron chi connectivity index (χ4n) is 2.69. The summed E-state index contributed by atoms with van der Waals surface area (Å²) < 4.78 is 0. The average molecular weight is 264 g/mol. The molecule has 0 spiro atoms. The Bertz CT molecular complexity index is 395. The summed E-state index contributed by atoms with van der Waals surface area (Å²) in [5.74, 6) is 0. The van der Waals surface area contributed by atoms with E-state index in [0.29, 0.717) is 0 Å². The van der Waals surface area contributed by atoms with Gasteiger partial charge in [-0.1, -0.05) is 41.5 Å². The van der Waals surface area contributed by atoms with Gasteiger partial charge in [-0.2, -0.15) is 0 Å². The van der Waals surface area contributed by atoms with E-state index in [1.807, 2.05) is 7.05 Å². The third-order valence-electron chi connectivity index (χ3n) is 5.46. The highest BCUT2D eigenvalue weighted by Crippen LogP contribution is 2.40. The summed E-state index contributed by atoms with van der Waals surface area (Å²) in [6.45, 7) is 13.8. The van der Waals surface area contributed by atoms with Crippen LogP contribution < -0.4 is 5.32 Å². The van der Waals surface area contributed by atoms with Crippen molar-refractivity contribution in [2.75, 3.05) is 12.4 Å². The topological polar surface area (TPSA) is 27.8 Å². The van der Waals surface area contributed by atoms with E-state index in [-0.39, 0.29) is 10.8 Å². The normalized spacial score (nSPS) is 12.8. The molecule has 1 aromatic heterocycles. The predicted octanol–water partition coefficient (Wildman–Crippen LogP) is 5.21. The van der Waals surface area contributed by atoms with E-state index in [2.05, 4.69) is 57.9 Å². The zero-order chi connectivity index (χ0) is 14.7. The molecule has 0 bridgehead atoms. The summed E-state index contributed by atoms with van der Waals surface area (Å²) in [7, 11) is 2.03. The van der Waals surface area contributed by atoms with Crippen molar-refractivity contribution in [1.29, 1.82) is 0 Å². The van der Waals surface area contributed by atoms with Crippen molar-refractivity contribution in [3.05, 3.63) is 17.5 Å². The van der Waals surface area contributed by atoms with Crippen molar-refractivity contribution in [2.24, 2.45) is 0 Å². The van der Waals surface area contributed by atoms with Gasteiger partial charge in [0, 0.05) is 29.3 Å². The molecular formula is C17H32N2. The van der Waals surface area contributed by atoms with E-state index in [4.69, 9.17) is 0 Å². The average Bonchev–Trinajstić information content (AvgIpc) is 2.90. The first kappa shape index (κ1) is 16.1. The fraction of sp³-hybridized carbons (Fsp3) is 0.765. The molecule has 0 amide bonds. The smallest absolute Gasteiger partial charge is 0.0557 e. The molecule has 0 saturated carbocycles. The molecule has 1 heterocycles. The second kappa shape index (κ2) is 6.02. The largest absolute Gasteiger partial charge is 0.387 e. The minimum absolute atomic E-state index is 0.235. The van der Waals surface area contributed by atoms with Crippen molar-refractivity contribution in [1.82, 2.24) is 4.98 Å². The molecule has 0 aromatic carbocycles. The first-order valence-corrected chi connectivity index (χ1v) is 7.82. The maximum absolute atomic E-state index is 3.76. The Morgan fingerprint density at radius 3 is 1.79 bits per heavy atom. The van der Waals surface area contributed by atoms with Crippen LogP contribution in [0.2, 0.25) is 0 Å². The molecule has 0 aliphatic heterocycles. The number of aromatic amines is 1. The maximum Gasteiger partial charge on any atom is 0.0557 e. The first-order valence-electron chi connectivity index (χ1n) is 7.82. The van der Waals surface area contributed by atoms with Crippen LogP contribution >= 0.6 is 0 Å². The Hall–Kier alpha value is -0.920. The second-order valence-electron chi connectivity index (χ2n) is 6.26. The molecule has 0 atom stereocenters. The van der Waals surface area contributed by atoms with Gasteiger partial charge in [-0.05, 0) is 31.7 Å². The molecule has 19 heavy (non-hydrogen) atoms. The van der Waals surface area contributed by atoms with E-state index in [0.717, 1.165) is 12.8 Å². The summed E-state index contributed by atoms with van der Waals surface area (Å²) >= 11 is 0. The monoisotopic (exact) mass is 264 g/mol. The molecule has 0 aliphatic rings. The second-order valence-corrected chi connectivity index (χ2v) is 6.26. The zero-order valence-electron chi connectivity index (χ0n) is 13.9. The van der Waals surface area contributed by atoms with Gasteiger partial charge in [0.15, 0.2) is 0 Å². The van der Waals surface area contributed by atoms with Crippen molar-refractivity contribution >= 4 is 5.69 Å². The molecule has 0 fully saturated rings. The quantitative estimate of drug-likeness (QED) is 0.695. The summed E-state index contributed by atoms with van der Waals surface area (Å²) in [5.41, 5.74) is 4.52. The van der Waals surface area contributed by atoms with Gasteiger partial charge in [-0.15, -0.1) is 0 Å². The van der Waals surface area contributed by atoms with Gasteiger partial charge in [-0.25, -0.2) is 0 Å². The van der Waals surface area contributed by atoms with Gasteiger partial charge in [-0.3, -0.25) is 0 Å². The predicted molar refractivity (Wildman–Crippen MR) is 86.2 cm³/mol. The van der Waals surface area contributed by atoms with Crippen LogP contribution in [-0.2, 0) is 10.8 Å². The minimum atomic E-state index is 0.235. The van der Waals surface area contributed by atoms with Gasteiger partial charge in [0.25, 0.3) is 0 Å². The third-order valence-corrected chi connectivity index (χ3v) is 5.46. The summed E-state index contributed by atoms with van der Waals surface area (Å²) in [4.78, 5) is 3.76. The Kier molecular flexibility index (Phi) is 5.11. The lowest BCUT2D eigenvalue weighted by Crippen LogP contribution is -2.23. The van der Waals surface area contributed by atoms with Gasteiger partial charge < -0.3 is 10.3 Å². The zero-order valence-corrected chi connectivity index (χ0v) is 13.9. The number of aromatic nitrogens is 1. The first-order chi connectivity index (χ1) is 8.90. The van der Waals surface area contributed by atoms with Crippen LogP contribution in [0.25, 0.3) is 0 Å². The highest BCUT2D eigenvalue weighted by atomic mass is 14.9. The summed E-state index contributed by atoms with van der Waals surface area (Å²) in [6.07, 6.45) is 4.66. The lowest BCUT2D eigenvalue weighted by Gasteiger charge is -2.28. The summed E-state index contributed by atoms with van der Waals surface area (Å²) in [5, 5.41) is 3.38.